The van der Waals surface area contributed by atoms with Gasteiger partial charge in [-0.15, -0.1) is 10.2 Å². The van der Waals surface area contributed by atoms with E-state index in [1.807, 2.05) is 24.3 Å². The minimum Gasteiger partial charge on any atom is -0.382 e. The molecular weight excluding hydrogens is 262 g/mol. The molecule has 0 aliphatic heterocycles. The van der Waals surface area contributed by atoms with Crippen molar-refractivity contribution >= 4 is 39.8 Å². The van der Waals surface area contributed by atoms with Crippen molar-refractivity contribution in [2.75, 3.05) is 11.1 Å². The number of nitrogens with zero attached hydrogens (tertiary/aromatic N) is 3. The van der Waals surface area contributed by atoms with Crippen LogP contribution in [0.5, 0.6) is 0 Å². The van der Waals surface area contributed by atoms with Crippen LogP contribution in [0.1, 0.15) is 0 Å². The van der Waals surface area contributed by atoms with Crippen LogP contribution in [-0.2, 0) is 0 Å². The van der Waals surface area contributed by atoms with Crippen molar-refractivity contribution in [2.24, 2.45) is 0 Å². The predicted molar refractivity (Wildman–Crippen MR) is 76.5 cm³/mol. The van der Waals surface area contributed by atoms with Gasteiger partial charge < -0.3 is 11.1 Å². The molecule has 0 atom stereocenters. The highest BCUT2D eigenvalue weighted by atomic mass is 35.5. The fraction of sp³-hybridized carbons (Fsp3) is 0. The lowest BCUT2D eigenvalue weighted by molar-refractivity contribution is 1.04. The minimum atomic E-state index is 0.375. The van der Waals surface area contributed by atoms with Crippen LogP contribution in [-0.4, -0.2) is 15.2 Å². The van der Waals surface area contributed by atoms with Gasteiger partial charge in [-0.3, -0.25) is 0 Å². The number of rotatable bonds is 2. The highest BCUT2D eigenvalue weighted by molar-refractivity contribution is 6.31. The van der Waals surface area contributed by atoms with E-state index in [1.54, 1.807) is 18.3 Å². The Morgan fingerprint density at radius 1 is 1.05 bits per heavy atom. The number of aromatic nitrogens is 3. The SMILES string of the molecule is Nc1ccc(Nc2nccc3ccc(Cl)cc23)nn1. The summed E-state index contributed by atoms with van der Waals surface area (Å²) in [5.41, 5.74) is 5.50. The molecule has 0 bridgehead atoms. The molecule has 5 nitrogen and oxygen atoms in total. The van der Waals surface area contributed by atoms with Crippen LogP contribution in [0.25, 0.3) is 10.8 Å². The maximum Gasteiger partial charge on any atom is 0.154 e. The Kier molecular flexibility index (Phi) is 2.89. The van der Waals surface area contributed by atoms with Crippen molar-refractivity contribution in [3.8, 4) is 0 Å². The molecule has 19 heavy (non-hydrogen) atoms. The quantitative estimate of drug-likeness (QED) is 0.749. The van der Waals surface area contributed by atoms with Gasteiger partial charge in [0.2, 0.25) is 0 Å². The van der Waals surface area contributed by atoms with Crippen LogP contribution in [0.4, 0.5) is 17.5 Å². The monoisotopic (exact) mass is 271 g/mol. The Morgan fingerprint density at radius 2 is 1.95 bits per heavy atom. The number of anilines is 3. The van der Waals surface area contributed by atoms with Crippen LogP contribution in [0.3, 0.4) is 0 Å². The van der Waals surface area contributed by atoms with E-state index in [-0.39, 0.29) is 0 Å². The predicted octanol–water partition coefficient (Wildman–Crippen LogP) is 3.00. The van der Waals surface area contributed by atoms with E-state index < -0.39 is 0 Å². The summed E-state index contributed by atoms with van der Waals surface area (Å²) in [6.07, 6.45) is 1.73. The molecule has 0 unspecified atom stereocenters. The second kappa shape index (κ2) is 4.70. The number of halogens is 1. The van der Waals surface area contributed by atoms with Crippen LogP contribution in [0, 0.1) is 0 Å². The number of pyridine rings is 1. The Morgan fingerprint density at radius 3 is 2.74 bits per heavy atom. The van der Waals surface area contributed by atoms with E-state index in [2.05, 4.69) is 20.5 Å². The molecule has 0 fully saturated rings. The zero-order valence-electron chi connectivity index (χ0n) is 9.84. The van der Waals surface area contributed by atoms with Gasteiger partial charge in [0.1, 0.15) is 11.6 Å². The van der Waals surface area contributed by atoms with E-state index >= 15 is 0 Å². The first-order valence-corrected chi connectivity index (χ1v) is 6.01. The Bertz CT molecular complexity index is 727. The van der Waals surface area contributed by atoms with Gasteiger partial charge in [-0.2, -0.15) is 0 Å². The summed E-state index contributed by atoms with van der Waals surface area (Å²) in [5.74, 6) is 1.63. The molecule has 3 N–H and O–H groups in total. The lowest BCUT2D eigenvalue weighted by Crippen LogP contribution is -2.00. The van der Waals surface area contributed by atoms with Crippen molar-refractivity contribution in [3.05, 3.63) is 47.6 Å². The molecule has 0 amide bonds. The summed E-state index contributed by atoms with van der Waals surface area (Å²) in [4.78, 5) is 4.30. The van der Waals surface area contributed by atoms with Crippen LogP contribution in [0.2, 0.25) is 5.02 Å². The van der Waals surface area contributed by atoms with Crippen LogP contribution in [0.15, 0.2) is 42.6 Å². The fourth-order valence-electron chi connectivity index (χ4n) is 1.77. The number of fused-ring (bicyclic) bond motifs is 1. The molecule has 94 valence electrons. The summed E-state index contributed by atoms with van der Waals surface area (Å²) < 4.78 is 0. The molecule has 0 aliphatic carbocycles. The Balaban J connectivity index is 2.05. The number of nitrogen functional groups attached to an aromatic ring is 1. The number of hydrogen-bond donors (Lipinski definition) is 2. The lowest BCUT2D eigenvalue weighted by Gasteiger charge is -2.07. The highest BCUT2D eigenvalue weighted by Gasteiger charge is 2.04. The van der Waals surface area contributed by atoms with Crippen molar-refractivity contribution in [1.29, 1.82) is 0 Å². The van der Waals surface area contributed by atoms with Gasteiger partial charge in [0.15, 0.2) is 5.82 Å². The number of benzene rings is 1. The van der Waals surface area contributed by atoms with Gasteiger partial charge in [0, 0.05) is 16.6 Å². The van der Waals surface area contributed by atoms with Crippen molar-refractivity contribution < 1.29 is 0 Å². The number of hydrogen-bond acceptors (Lipinski definition) is 5. The first-order valence-electron chi connectivity index (χ1n) is 5.63. The molecule has 2 aromatic heterocycles. The molecule has 2 heterocycles. The highest BCUT2D eigenvalue weighted by Crippen LogP contribution is 2.26. The van der Waals surface area contributed by atoms with Gasteiger partial charge in [0.05, 0.1) is 0 Å². The summed E-state index contributed by atoms with van der Waals surface area (Å²) in [7, 11) is 0. The molecular formula is C13H10ClN5. The van der Waals surface area contributed by atoms with Crippen LogP contribution < -0.4 is 11.1 Å². The van der Waals surface area contributed by atoms with E-state index in [0.717, 1.165) is 10.8 Å². The summed E-state index contributed by atoms with van der Waals surface area (Å²) in [6.45, 7) is 0. The zero-order valence-corrected chi connectivity index (χ0v) is 10.6. The summed E-state index contributed by atoms with van der Waals surface area (Å²) >= 11 is 6.01. The molecule has 6 heteroatoms. The molecule has 3 aromatic rings. The second-order valence-electron chi connectivity index (χ2n) is 3.99. The molecule has 0 saturated carbocycles. The zero-order chi connectivity index (χ0) is 13.2. The third-order valence-electron chi connectivity index (χ3n) is 2.66. The molecule has 0 aliphatic rings. The average Bonchev–Trinajstić information content (AvgIpc) is 2.42. The topological polar surface area (TPSA) is 76.7 Å². The lowest BCUT2D eigenvalue weighted by atomic mass is 10.1. The van der Waals surface area contributed by atoms with Crippen molar-refractivity contribution in [1.82, 2.24) is 15.2 Å². The van der Waals surface area contributed by atoms with Crippen molar-refractivity contribution in [3.63, 3.8) is 0 Å². The van der Waals surface area contributed by atoms with Gasteiger partial charge in [-0.25, -0.2) is 4.98 Å². The molecule has 0 saturated heterocycles. The third-order valence-corrected chi connectivity index (χ3v) is 2.89. The van der Waals surface area contributed by atoms with E-state index in [4.69, 9.17) is 17.3 Å². The fourth-order valence-corrected chi connectivity index (χ4v) is 1.94. The minimum absolute atomic E-state index is 0.375. The van der Waals surface area contributed by atoms with Gasteiger partial charge in [0.25, 0.3) is 0 Å². The summed E-state index contributed by atoms with van der Waals surface area (Å²) in [6, 6.07) is 11.0. The smallest absolute Gasteiger partial charge is 0.154 e. The third kappa shape index (κ3) is 2.41. The van der Waals surface area contributed by atoms with Gasteiger partial charge in [-0.1, -0.05) is 17.7 Å². The van der Waals surface area contributed by atoms with Gasteiger partial charge in [-0.05, 0) is 35.7 Å². The molecule has 3 rings (SSSR count). The Labute approximate surface area is 114 Å². The molecule has 0 spiro atoms. The summed E-state index contributed by atoms with van der Waals surface area (Å²) in [5, 5.41) is 13.5. The number of nitrogens with one attached hydrogen (secondary N) is 1. The van der Waals surface area contributed by atoms with E-state index in [9.17, 15) is 0 Å². The van der Waals surface area contributed by atoms with E-state index in [0.29, 0.717) is 22.5 Å². The van der Waals surface area contributed by atoms with Crippen LogP contribution >= 0.6 is 11.6 Å². The van der Waals surface area contributed by atoms with E-state index in [1.165, 1.54) is 0 Å². The first-order chi connectivity index (χ1) is 9.22. The maximum absolute atomic E-state index is 6.01. The normalized spacial score (nSPS) is 10.6. The molecule has 1 aromatic carbocycles. The number of nitrogens with two attached hydrogens (primary N) is 1. The largest absolute Gasteiger partial charge is 0.382 e. The second-order valence-corrected chi connectivity index (χ2v) is 4.43. The standard InChI is InChI=1S/C13H10ClN5/c14-9-2-1-8-5-6-16-13(10(8)7-9)17-12-4-3-11(15)18-19-12/h1-7H,(H2,15,18)(H,16,17,19). The maximum atomic E-state index is 6.01. The van der Waals surface area contributed by atoms with Crippen molar-refractivity contribution in [2.45, 2.75) is 0 Å². The molecule has 0 radical (unpaired) electrons. The Hall–Kier alpha value is -2.40. The first kappa shape index (κ1) is 11.7. The average molecular weight is 272 g/mol. The van der Waals surface area contributed by atoms with Gasteiger partial charge >= 0.3 is 0 Å².